The minimum atomic E-state index is -4.93. The molecule has 3 rings (SSSR count). The monoisotopic (exact) mass is 377 g/mol. The quantitative estimate of drug-likeness (QED) is 0.759. The van der Waals surface area contributed by atoms with Crippen LogP contribution in [0.2, 0.25) is 0 Å². The van der Waals surface area contributed by atoms with Crippen LogP contribution in [0.4, 0.5) is 18.9 Å². The van der Waals surface area contributed by atoms with E-state index >= 15 is 0 Å². The Bertz CT molecular complexity index is 1060. The molecule has 9 heteroatoms. The van der Waals surface area contributed by atoms with Gasteiger partial charge in [-0.15, -0.1) is 0 Å². The molecule has 2 aromatic carbocycles. The van der Waals surface area contributed by atoms with E-state index in [4.69, 9.17) is 4.74 Å². The maximum atomic E-state index is 13.1. The zero-order valence-electron chi connectivity index (χ0n) is 14.1. The maximum Gasteiger partial charge on any atom is 0.438 e. The van der Waals surface area contributed by atoms with Crippen molar-refractivity contribution >= 4 is 22.6 Å². The van der Waals surface area contributed by atoms with E-state index < -0.39 is 29.9 Å². The Morgan fingerprint density at radius 2 is 1.81 bits per heavy atom. The first-order valence-corrected chi connectivity index (χ1v) is 7.81. The predicted molar refractivity (Wildman–Crippen MR) is 92.6 cm³/mol. The fourth-order valence-electron chi connectivity index (χ4n) is 2.62. The zero-order chi connectivity index (χ0) is 19.6. The number of benzene rings is 2. The van der Waals surface area contributed by atoms with Crippen LogP contribution in [-0.4, -0.2) is 22.6 Å². The number of rotatable bonds is 4. The Morgan fingerprint density at radius 3 is 2.52 bits per heavy atom. The number of ether oxygens (including phenoxy) is 1. The summed E-state index contributed by atoms with van der Waals surface area (Å²) in [5.74, 6) is -0.292. The van der Waals surface area contributed by atoms with Crippen molar-refractivity contribution in [1.82, 2.24) is 9.55 Å². The molecule has 0 fully saturated rings. The number of aromatic nitrogens is 2. The normalized spacial score (nSPS) is 11.4. The van der Waals surface area contributed by atoms with Gasteiger partial charge >= 0.3 is 6.18 Å². The molecule has 0 saturated heterocycles. The highest BCUT2D eigenvalue weighted by Gasteiger charge is 2.37. The molecule has 0 radical (unpaired) electrons. The summed E-state index contributed by atoms with van der Waals surface area (Å²) in [5.41, 5.74) is -2.50. The van der Waals surface area contributed by atoms with E-state index in [2.05, 4.69) is 10.3 Å². The van der Waals surface area contributed by atoms with Crippen LogP contribution in [0.15, 0.2) is 53.3 Å². The summed E-state index contributed by atoms with van der Waals surface area (Å²) in [5, 5.41) is 2.53. The van der Waals surface area contributed by atoms with Crippen molar-refractivity contribution in [1.29, 1.82) is 0 Å². The number of amides is 1. The molecule has 0 aliphatic rings. The molecule has 1 amide bonds. The number of anilines is 1. The molecule has 0 saturated carbocycles. The highest BCUT2D eigenvalue weighted by Crippen LogP contribution is 2.26. The second-order valence-corrected chi connectivity index (χ2v) is 5.59. The number of carbonyl (C=O) groups excluding carboxylic acids is 1. The van der Waals surface area contributed by atoms with Crippen molar-refractivity contribution in [3.63, 3.8) is 0 Å². The van der Waals surface area contributed by atoms with Crippen molar-refractivity contribution in [3.8, 4) is 5.75 Å². The first kappa shape index (κ1) is 18.4. The molecule has 6 nitrogen and oxygen atoms in total. The molecule has 0 spiro atoms. The summed E-state index contributed by atoms with van der Waals surface area (Å²) in [6.07, 6.45) is -4.93. The van der Waals surface area contributed by atoms with Crippen LogP contribution in [0.3, 0.4) is 0 Å². The van der Waals surface area contributed by atoms with Crippen LogP contribution in [0, 0.1) is 0 Å². The Labute approximate surface area is 151 Å². The second-order valence-electron chi connectivity index (χ2n) is 5.59. The van der Waals surface area contributed by atoms with E-state index in [1.54, 1.807) is 30.3 Å². The molecule has 0 aliphatic heterocycles. The van der Waals surface area contributed by atoms with Crippen LogP contribution in [0.1, 0.15) is 5.69 Å². The molecule has 1 aromatic heterocycles. The number of methoxy groups -OCH3 is 1. The van der Waals surface area contributed by atoms with Gasteiger partial charge in [-0.1, -0.05) is 24.3 Å². The number of nitrogens with one attached hydrogen (secondary N) is 1. The third kappa shape index (κ3) is 3.76. The van der Waals surface area contributed by atoms with E-state index in [1.165, 1.54) is 25.3 Å². The average molecular weight is 377 g/mol. The molecule has 0 unspecified atom stereocenters. The highest BCUT2D eigenvalue weighted by atomic mass is 19.4. The Kier molecular flexibility index (Phi) is 4.85. The largest absolute Gasteiger partial charge is 0.495 e. The molecule has 1 N–H and O–H groups in total. The number of nitrogens with zero attached hydrogens (tertiary/aromatic N) is 2. The summed E-state index contributed by atoms with van der Waals surface area (Å²) >= 11 is 0. The lowest BCUT2D eigenvalue weighted by Crippen LogP contribution is -2.34. The van der Waals surface area contributed by atoms with Crippen LogP contribution in [-0.2, 0) is 17.5 Å². The lowest BCUT2D eigenvalue weighted by Gasteiger charge is -2.14. The average Bonchev–Trinajstić information content (AvgIpc) is 2.63. The van der Waals surface area contributed by atoms with Crippen LogP contribution in [0.25, 0.3) is 11.0 Å². The number of fused-ring (bicyclic) bond motifs is 1. The van der Waals surface area contributed by atoms with E-state index in [0.29, 0.717) is 11.4 Å². The molecule has 0 bridgehead atoms. The summed E-state index contributed by atoms with van der Waals surface area (Å²) in [6.45, 7) is -0.608. The Balaban J connectivity index is 2.02. The van der Waals surface area contributed by atoms with Gasteiger partial charge in [-0.05, 0) is 24.3 Å². The van der Waals surface area contributed by atoms with E-state index in [1.807, 2.05) is 0 Å². The minimum Gasteiger partial charge on any atom is -0.495 e. The fourth-order valence-corrected chi connectivity index (χ4v) is 2.62. The van der Waals surface area contributed by atoms with Crippen molar-refractivity contribution < 1.29 is 22.7 Å². The van der Waals surface area contributed by atoms with Crippen LogP contribution < -0.4 is 15.6 Å². The fraction of sp³-hybridized carbons (Fsp3) is 0.167. The Morgan fingerprint density at radius 1 is 1.15 bits per heavy atom. The van der Waals surface area contributed by atoms with Gasteiger partial charge in [0.15, 0.2) is 0 Å². The number of halogens is 3. The van der Waals surface area contributed by atoms with Gasteiger partial charge in [-0.25, -0.2) is 4.98 Å². The van der Waals surface area contributed by atoms with Crippen LogP contribution in [0.5, 0.6) is 5.75 Å². The molecule has 140 valence electrons. The van der Waals surface area contributed by atoms with Gasteiger partial charge in [0.25, 0.3) is 5.56 Å². The summed E-state index contributed by atoms with van der Waals surface area (Å²) in [4.78, 5) is 28.1. The van der Waals surface area contributed by atoms with Gasteiger partial charge in [-0.3, -0.25) is 14.2 Å². The van der Waals surface area contributed by atoms with Crippen molar-refractivity contribution in [3.05, 3.63) is 64.6 Å². The minimum absolute atomic E-state index is 0.0329. The summed E-state index contributed by atoms with van der Waals surface area (Å²) in [6, 6.07) is 12.4. The number of hydrogen-bond donors (Lipinski definition) is 1. The maximum absolute atomic E-state index is 13.1. The van der Waals surface area contributed by atoms with E-state index in [0.717, 1.165) is 4.57 Å². The van der Waals surface area contributed by atoms with Crippen LogP contribution >= 0.6 is 0 Å². The van der Waals surface area contributed by atoms with E-state index in [9.17, 15) is 22.8 Å². The predicted octanol–water partition coefficient (Wildman–Crippen LogP) is 3.06. The first-order chi connectivity index (χ1) is 12.8. The first-order valence-electron chi connectivity index (χ1n) is 7.81. The highest BCUT2D eigenvalue weighted by molar-refractivity contribution is 5.93. The third-order valence-corrected chi connectivity index (χ3v) is 3.80. The molecule has 3 aromatic rings. The summed E-state index contributed by atoms with van der Waals surface area (Å²) in [7, 11) is 1.42. The van der Waals surface area contributed by atoms with Crippen molar-refractivity contribution in [2.45, 2.75) is 12.7 Å². The lowest BCUT2D eigenvalue weighted by atomic mass is 10.2. The second kappa shape index (κ2) is 7.10. The standard InChI is InChI=1S/C18H14F3N3O3/c1-27-14-9-5-3-7-12(14)22-15(25)10-24-13-8-4-2-6-11(13)23-16(17(24)26)18(19,20)21/h2-9H,10H2,1H3,(H,22,25). The third-order valence-electron chi connectivity index (χ3n) is 3.80. The molecular formula is C18H14F3N3O3. The molecule has 0 atom stereocenters. The summed E-state index contributed by atoms with van der Waals surface area (Å²) < 4.78 is 45.3. The zero-order valence-corrected chi connectivity index (χ0v) is 14.1. The molecule has 1 heterocycles. The number of para-hydroxylation sites is 4. The van der Waals surface area contributed by atoms with Gasteiger partial charge in [0.1, 0.15) is 12.3 Å². The molecule has 27 heavy (non-hydrogen) atoms. The van der Waals surface area contributed by atoms with E-state index in [-0.39, 0.29) is 11.0 Å². The van der Waals surface area contributed by atoms with Crippen molar-refractivity contribution in [2.24, 2.45) is 0 Å². The van der Waals surface area contributed by atoms with Crippen molar-refractivity contribution in [2.75, 3.05) is 12.4 Å². The van der Waals surface area contributed by atoms with Gasteiger partial charge < -0.3 is 10.1 Å². The van der Waals surface area contributed by atoms with Gasteiger partial charge in [0.05, 0.1) is 23.8 Å². The molecule has 0 aliphatic carbocycles. The number of hydrogen-bond acceptors (Lipinski definition) is 4. The lowest BCUT2D eigenvalue weighted by molar-refractivity contribution is -0.142. The topological polar surface area (TPSA) is 73.2 Å². The number of carbonyl (C=O) groups is 1. The van der Waals surface area contributed by atoms with Gasteiger partial charge in [-0.2, -0.15) is 13.2 Å². The SMILES string of the molecule is COc1ccccc1NC(=O)Cn1c(=O)c(C(F)(F)F)nc2ccccc21. The smallest absolute Gasteiger partial charge is 0.438 e. The van der Waals surface area contributed by atoms with Gasteiger partial charge in [0.2, 0.25) is 11.6 Å². The van der Waals surface area contributed by atoms with Gasteiger partial charge in [0, 0.05) is 0 Å². The number of alkyl halides is 3. The molecular weight excluding hydrogens is 363 g/mol. The Hall–Kier alpha value is -3.36.